The topological polar surface area (TPSA) is 37.8 Å². The molecule has 15 heavy (non-hydrogen) atoms. The van der Waals surface area contributed by atoms with Crippen LogP contribution in [0.3, 0.4) is 0 Å². The molecule has 3 rings (SSSR count). The van der Waals surface area contributed by atoms with Crippen molar-refractivity contribution in [1.82, 2.24) is 9.97 Å². The molecule has 0 unspecified atom stereocenters. The maximum Gasteiger partial charge on any atom is 0.133 e. The number of anilines is 1. The van der Waals surface area contributed by atoms with Gasteiger partial charge in [-0.2, -0.15) is 0 Å². The second kappa shape index (κ2) is 3.65. The Labute approximate surface area is 89.6 Å². The molecule has 0 aliphatic heterocycles. The van der Waals surface area contributed by atoms with Crippen molar-refractivity contribution in [3.8, 4) is 0 Å². The normalized spacial score (nSPS) is 20.8. The summed E-state index contributed by atoms with van der Waals surface area (Å²) in [5, 5.41) is 3.45. The van der Waals surface area contributed by atoms with Crippen molar-refractivity contribution in [2.45, 2.75) is 37.6 Å². The first-order chi connectivity index (χ1) is 7.42. The van der Waals surface area contributed by atoms with Crippen LogP contribution in [-0.4, -0.2) is 16.0 Å². The van der Waals surface area contributed by atoms with Gasteiger partial charge < -0.3 is 5.32 Å². The van der Waals surface area contributed by atoms with Crippen LogP contribution in [0, 0.1) is 0 Å². The lowest BCUT2D eigenvalue weighted by molar-refractivity contribution is 0.775. The first-order valence-corrected chi connectivity index (χ1v) is 5.66. The van der Waals surface area contributed by atoms with E-state index in [0.29, 0.717) is 12.0 Å². The molecule has 0 atom stereocenters. The summed E-state index contributed by atoms with van der Waals surface area (Å²) in [5.41, 5.74) is 0. The van der Waals surface area contributed by atoms with Crippen molar-refractivity contribution in [1.29, 1.82) is 0 Å². The van der Waals surface area contributed by atoms with E-state index in [1.165, 1.54) is 12.8 Å². The number of hydrogen-bond donors (Lipinski definition) is 1. The fourth-order valence-corrected chi connectivity index (χ4v) is 1.94. The van der Waals surface area contributed by atoms with E-state index in [1.54, 1.807) is 0 Å². The van der Waals surface area contributed by atoms with Crippen molar-refractivity contribution in [2.75, 3.05) is 5.32 Å². The van der Waals surface area contributed by atoms with E-state index < -0.39 is 0 Å². The van der Waals surface area contributed by atoms with Crippen LogP contribution in [0.5, 0.6) is 0 Å². The molecule has 1 aromatic heterocycles. The van der Waals surface area contributed by atoms with Gasteiger partial charge >= 0.3 is 0 Å². The lowest BCUT2D eigenvalue weighted by atomic mass is 10.2. The van der Waals surface area contributed by atoms with Crippen LogP contribution in [0.25, 0.3) is 0 Å². The average Bonchev–Trinajstić information content (AvgIpc) is 3.00. The molecule has 2 aliphatic carbocycles. The van der Waals surface area contributed by atoms with Gasteiger partial charge in [-0.05, 0) is 31.7 Å². The highest BCUT2D eigenvalue weighted by molar-refractivity contribution is 5.36. The van der Waals surface area contributed by atoms with Crippen molar-refractivity contribution >= 4 is 5.82 Å². The molecule has 3 nitrogen and oxygen atoms in total. The molecule has 0 amide bonds. The molecule has 2 aliphatic rings. The van der Waals surface area contributed by atoms with Crippen molar-refractivity contribution in [2.24, 2.45) is 0 Å². The quantitative estimate of drug-likeness (QED) is 0.763. The Balaban J connectivity index is 1.70. The fourth-order valence-electron chi connectivity index (χ4n) is 1.94. The van der Waals surface area contributed by atoms with Crippen molar-refractivity contribution in [3.63, 3.8) is 0 Å². The van der Waals surface area contributed by atoms with Crippen LogP contribution in [0.15, 0.2) is 24.4 Å². The number of nitrogens with zero attached hydrogens (tertiary/aromatic N) is 2. The minimum absolute atomic E-state index is 0.534. The molecule has 3 heteroatoms. The Kier molecular flexibility index (Phi) is 2.16. The van der Waals surface area contributed by atoms with Gasteiger partial charge in [0.1, 0.15) is 11.6 Å². The lowest BCUT2D eigenvalue weighted by Gasteiger charge is -2.12. The molecule has 0 bridgehead atoms. The van der Waals surface area contributed by atoms with Gasteiger partial charge in [0, 0.05) is 18.2 Å². The first kappa shape index (κ1) is 8.89. The Morgan fingerprint density at radius 2 is 2.00 bits per heavy atom. The molecule has 1 fully saturated rings. The summed E-state index contributed by atoms with van der Waals surface area (Å²) >= 11 is 0. The first-order valence-electron chi connectivity index (χ1n) is 5.66. The zero-order chi connectivity index (χ0) is 10.1. The predicted molar refractivity (Wildman–Crippen MR) is 59.8 cm³/mol. The molecule has 1 aromatic rings. The third-order valence-electron chi connectivity index (χ3n) is 2.98. The molecular weight excluding hydrogens is 186 g/mol. The van der Waals surface area contributed by atoms with Gasteiger partial charge in [-0.15, -0.1) is 0 Å². The SMILES string of the molecule is C1=CCC(Nc2ccnc(C3CC3)n2)C1. The van der Waals surface area contributed by atoms with Crippen molar-refractivity contribution < 1.29 is 0 Å². The van der Waals surface area contributed by atoms with Crippen LogP contribution in [-0.2, 0) is 0 Å². The molecule has 1 saturated carbocycles. The highest BCUT2D eigenvalue weighted by Crippen LogP contribution is 2.38. The lowest BCUT2D eigenvalue weighted by Crippen LogP contribution is -2.16. The molecule has 1 N–H and O–H groups in total. The standard InChI is InChI=1S/C12H15N3/c1-2-4-10(3-1)14-11-7-8-13-12(15-11)9-5-6-9/h1-2,7-10H,3-6H2,(H,13,14,15). The Bertz CT molecular complexity index is 374. The summed E-state index contributed by atoms with van der Waals surface area (Å²) < 4.78 is 0. The Morgan fingerprint density at radius 3 is 2.73 bits per heavy atom. The molecule has 78 valence electrons. The minimum Gasteiger partial charge on any atom is -0.367 e. The predicted octanol–water partition coefficient (Wildman–Crippen LogP) is 2.48. The summed E-state index contributed by atoms with van der Waals surface area (Å²) in [7, 11) is 0. The van der Waals surface area contributed by atoms with Gasteiger partial charge in [0.15, 0.2) is 0 Å². The third kappa shape index (κ3) is 2.01. The maximum atomic E-state index is 4.55. The molecular formula is C12H15N3. The monoisotopic (exact) mass is 201 g/mol. The van der Waals surface area contributed by atoms with Crippen LogP contribution in [0.2, 0.25) is 0 Å². The summed E-state index contributed by atoms with van der Waals surface area (Å²) in [5.74, 6) is 2.64. The molecule has 0 spiro atoms. The van der Waals surface area contributed by atoms with Crippen molar-refractivity contribution in [3.05, 3.63) is 30.2 Å². The number of hydrogen-bond acceptors (Lipinski definition) is 3. The largest absolute Gasteiger partial charge is 0.367 e. The number of nitrogens with one attached hydrogen (secondary N) is 1. The fraction of sp³-hybridized carbons (Fsp3) is 0.500. The van der Waals surface area contributed by atoms with E-state index in [0.717, 1.165) is 24.5 Å². The zero-order valence-corrected chi connectivity index (χ0v) is 8.69. The van der Waals surface area contributed by atoms with E-state index in [1.807, 2.05) is 12.3 Å². The average molecular weight is 201 g/mol. The van der Waals surface area contributed by atoms with Crippen LogP contribution >= 0.6 is 0 Å². The third-order valence-corrected chi connectivity index (χ3v) is 2.98. The summed E-state index contributed by atoms with van der Waals surface area (Å²) in [4.78, 5) is 8.86. The van der Waals surface area contributed by atoms with Gasteiger partial charge in [-0.25, -0.2) is 9.97 Å². The second-order valence-electron chi connectivity index (χ2n) is 4.36. The van der Waals surface area contributed by atoms with E-state index >= 15 is 0 Å². The van der Waals surface area contributed by atoms with E-state index in [-0.39, 0.29) is 0 Å². The highest BCUT2D eigenvalue weighted by Gasteiger charge is 2.26. The van der Waals surface area contributed by atoms with Gasteiger partial charge in [-0.1, -0.05) is 12.2 Å². The highest BCUT2D eigenvalue weighted by atomic mass is 15.1. The summed E-state index contributed by atoms with van der Waals surface area (Å²) in [6.45, 7) is 0. The molecule has 0 radical (unpaired) electrons. The summed E-state index contributed by atoms with van der Waals surface area (Å²) in [6.07, 6.45) is 11.1. The van der Waals surface area contributed by atoms with Crippen LogP contribution in [0.4, 0.5) is 5.82 Å². The zero-order valence-electron chi connectivity index (χ0n) is 8.69. The molecule has 0 aromatic carbocycles. The van der Waals surface area contributed by atoms with E-state index in [9.17, 15) is 0 Å². The van der Waals surface area contributed by atoms with Gasteiger partial charge in [0.25, 0.3) is 0 Å². The van der Waals surface area contributed by atoms with E-state index in [2.05, 4.69) is 27.4 Å². The van der Waals surface area contributed by atoms with Gasteiger partial charge in [-0.3, -0.25) is 0 Å². The van der Waals surface area contributed by atoms with Crippen LogP contribution < -0.4 is 5.32 Å². The number of aromatic nitrogens is 2. The Hall–Kier alpha value is -1.38. The number of rotatable bonds is 3. The van der Waals surface area contributed by atoms with E-state index in [4.69, 9.17) is 0 Å². The smallest absolute Gasteiger partial charge is 0.133 e. The molecule has 1 heterocycles. The maximum absolute atomic E-state index is 4.55. The minimum atomic E-state index is 0.534. The van der Waals surface area contributed by atoms with Gasteiger partial charge in [0.2, 0.25) is 0 Å². The molecule has 0 saturated heterocycles. The van der Waals surface area contributed by atoms with Gasteiger partial charge in [0.05, 0.1) is 0 Å². The summed E-state index contributed by atoms with van der Waals surface area (Å²) in [6, 6.07) is 2.50. The Morgan fingerprint density at radius 1 is 1.20 bits per heavy atom. The van der Waals surface area contributed by atoms with Crippen LogP contribution in [0.1, 0.15) is 37.4 Å². The second-order valence-corrected chi connectivity index (χ2v) is 4.36.